The summed E-state index contributed by atoms with van der Waals surface area (Å²) in [5, 5.41) is 12.2. The van der Waals surface area contributed by atoms with Crippen LogP contribution in [-0.2, 0) is 4.79 Å². The van der Waals surface area contributed by atoms with Gasteiger partial charge in [0.05, 0.1) is 45.6 Å². The third-order valence-electron chi connectivity index (χ3n) is 6.04. The van der Waals surface area contributed by atoms with Crippen molar-refractivity contribution in [3.8, 4) is 11.5 Å². The average Bonchev–Trinajstić information content (AvgIpc) is 3.50. The maximum atomic E-state index is 13.8. The van der Waals surface area contributed by atoms with Crippen LogP contribution in [0.15, 0.2) is 47.7 Å². The first kappa shape index (κ1) is 24.0. The largest absolute Gasteiger partial charge is 0.503 e. The van der Waals surface area contributed by atoms with Gasteiger partial charge < -0.3 is 14.6 Å². The lowest BCUT2D eigenvalue weighted by molar-refractivity contribution is -0.117. The number of nitrogens with zero attached hydrogens (tertiary/aromatic N) is 3. The van der Waals surface area contributed by atoms with Crippen molar-refractivity contribution in [2.45, 2.75) is 26.8 Å². The zero-order chi connectivity index (χ0) is 25.7. The highest BCUT2D eigenvalue weighted by atomic mass is 32.1. The minimum Gasteiger partial charge on any atom is -0.503 e. The van der Waals surface area contributed by atoms with Gasteiger partial charge in [-0.3, -0.25) is 14.5 Å². The quantitative estimate of drug-likeness (QED) is 0.335. The van der Waals surface area contributed by atoms with Crippen LogP contribution in [0, 0.1) is 20.8 Å². The molecule has 1 amide bonds. The number of aliphatic hydroxyl groups is 1. The standard InChI is InChI=1S/C26H23N3O5S2/c1-12-6-9-17-19(10-12)36-26(28-17)29-21(16-8-7-15(33-4)11-18(16)34-5)20(23(31)25(29)32)22(30)24-13(2)27-14(3)35-24/h6-11,21,31H,1-5H3. The van der Waals surface area contributed by atoms with Gasteiger partial charge in [0.25, 0.3) is 5.91 Å². The number of benzene rings is 2. The normalized spacial score (nSPS) is 15.8. The summed E-state index contributed by atoms with van der Waals surface area (Å²) in [4.78, 5) is 38.2. The van der Waals surface area contributed by atoms with E-state index in [0.29, 0.717) is 32.8 Å². The molecule has 2 aromatic carbocycles. The Morgan fingerprint density at radius 2 is 1.81 bits per heavy atom. The minimum atomic E-state index is -0.964. The van der Waals surface area contributed by atoms with Gasteiger partial charge in [-0.2, -0.15) is 0 Å². The predicted molar refractivity (Wildman–Crippen MR) is 140 cm³/mol. The fraction of sp³-hybridized carbons (Fsp3) is 0.231. The molecule has 1 aliphatic rings. The molecule has 36 heavy (non-hydrogen) atoms. The summed E-state index contributed by atoms with van der Waals surface area (Å²) < 4.78 is 11.9. The van der Waals surface area contributed by atoms with Gasteiger partial charge in [0.15, 0.2) is 10.9 Å². The molecule has 0 bridgehead atoms. The molecule has 5 rings (SSSR count). The zero-order valence-electron chi connectivity index (χ0n) is 20.3. The number of fused-ring (bicyclic) bond motifs is 1. The van der Waals surface area contributed by atoms with Crippen molar-refractivity contribution < 1.29 is 24.2 Å². The number of thiazole rings is 2. The number of methoxy groups -OCH3 is 2. The molecule has 2 aromatic heterocycles. The van der Waals surface area contributed by atoms with E-state index in [2.05, 4.69) is 9.97 Å². The van der Waals surface area contributed by atoms with E-state index < -0.39 is 23.5 Å². The maximum absolute atomic E-state index is 13.8. The summed E-state index contributed by atoms with van der Waals surface area (Å²) in [6.45, 7) is 5.53. The van der Waals surface area contributed by atoms with Gasteiger partial charge in [-0.05, 0) is 50.6 Å². The number of carbonyl (C=O) groups is 2. The Morgan fingerprint density at radius 1 is 1.03 bits per heavy atom. The molecule has 0 saturated heterocycles. The summed E-state index contributed by atoms with van der Waals surface area (Å²) in [7, 11) is 3.04. The number of rotatable bonds is 6. The lowest BCUT2D eigenvalue weighted by Crippen LogP contribution is -2.31. The predicted octanol–water partition coefficient (Wildman–Crippen LogP) is 5.48. The molecule has 0 spiro atoms. The van der Waals surface area contributed by atoms with Gasteiger partial charge in [0.2, 0.25) is 5.78 Å². The molecule has 1 N–H and O–H groups in total. The van der Waals surface area contributed by atoms with Crippen LogP contribution in [0.4, 0.5) is 5.13 Å². The van der Waals surface area contributed by atoms with E-state index in [9.17, 15) is 14.7 Å². The molecule has 0 aliphatic carbocycles. The van der Waals surface area contributed by atoms with E-state index in [1.807, 2.05) is 32.0 Å². The number of carbonyl (C=O) groups excluding carboxylic acids is 2. The molecule has 0 saturated carbocycles. The highest BCUT2D eigenvalue weighted by molar-refractivity contribution is 7.22. The van der Waals surface area contributed by atoms with Crippen molar-refractivity contribution in [2.75, 3.05) is 19.1 Å². The molecule has 3 heterocycles. The van der Waals surface area contributed by atoms with Crippen molar-refractivity contribution in [3.63, 3.8) is 0 Å². The van der Waals surface area contributed by atoms with Crippen LogP contribution in [0.5, 0.6) is 11.5 Å². The number of aromatic nitrogens is 2. The van der Waals surface area contributed by atoms with E-state index in [1.165, 1.54) is 34.7 Å². The van der Waals surface area contributed by atoms with Crippen molar-refractivity contribution in [1.29, 1.82) is 0 Å². The summed E-state index contributed by atoms with van der Waals surface area (Å²) in [6, 6.07) is 9.99. The number of ether oxygens (including phenoxy) is 2. The molecule has 184 valence electrons. The Morgan fingerprint density at radius 3 is 2.47 bits per heavy atom. The van der Waals surface area contributed by atoms with Crippen LogP contribution in [0.2, 0.25) is 0 Å². The molecule has 1 atom stereocenters. The molecule has 0 fully saturated rings. The van der Waals surface area contributed by atoms with Gasteiger partial charge in [-0.15, -0.1) is 11.3 Å². The average molecular weight is 522 g/mol. The Hall–Kier alpha value is -3.76. The number of aryl methyl sites for hydroxylation is 3. The molecule has 1 aliphatic heterocycles. The number of hydrogen-bond donors (Lipinski definition) is 1. The van der Waals surface area contributed by atoms with Crippen molar-refractivity contribution in [1.82, 2.24) is 9.97 Å². The first-order chi connectivity index (χ1) is 17.2. The van der Waals surface area contributed by atoms with Crippen LogP contribution in [0.1, 0.15) is 37.5 Å². The second-order valence-corrected chi connectivity index (χ2v) is 10.6. The number of aliphatic hydroxyl groups excluding tert-OH is 1. The van der Waals surface area contributed by atoms with Crippen molar-refractivity contribution in [2.24, 2.45) is 0 Å². The highest BCUT2D eigenvalue weighted by Crippen LogP contribution is 2.47. The zero-order valence-corrected chi connectivity index (χ0v) is 21.9. The molecule has 0 radical (unpaired) electrons. The molecular weight excluding hydrogens is 498 g/mol. The Labute approximate surface area is 215 Å². The number of anilines is 1. The van der Waals surface area contributed by atoms with E-state index >= 15 is 0 Å². The number of hydrogen-bond acceptors (Lipinski definition) is 9. The lowest BCUT2D eigenvalue weighted by atomic mass is 9.94. The van der Waals surface area contributed by atoms with Crippen LogP contribution < -0.4 is 14.4 Å². The summed E-state index contributed by atoms with van der Waals surface area (Å²) in [5.41, 5.74) is 2.82. The third-order valence-corrected chi connectivity index (χ3v) is 8.13. The molecular formula is C26H23N3O5S2. The first-order valence-electron chi connectivity index (χ1n) is 11.1. The number of Topliss-reactive ketones (excluding diaryl/α,β-unsaturated/α-hetero) is 1. The summed E-state index contributed by atoms with van der Waals surface area (Å²) in [5.74, 6) is -0.797. The van der Waals surface area contributed by atoms with Crippen molar-refractivity contribution >= 4 is 49.7 Å². The van der Waals surface area contributed by atoms with Gasteiger partial charge in [0.1, 0.15) is 17.5 Å². The monoisotopic (exact) mass is 521 g/mol. The molecule has 8 nitrogen and oxygen atoms in total. The van der Waals surface area contributed by atoms with Crippen LogP contribution in [0.25, 0.3) is 10.2 Å². The molecule has 4 aromatic rings. The SMILES string of the molecule is COc1ccc(C2C(C(=O)c3sc(C)nc3C)=C(O)C(=O)N2c2nc3ccc(C)cc3s2)c(OC)c1. The third kappa shape index (κ3) is 3.82. The molecule has 1 unspecified atom stereocenters. The Bertz CT molecular complexity index is 1570. The fourth-order valence-corrected chi connectivity index (χ4v) is 6.32. The van der Waals surface area contributed by atoms with Gasteiger partial charge in [0, 0.05) is 11.6 Å². The minimum absolute atomic E-state index is 0.0364. The van der Waals surface area contributed by atoms with Crippen LogP contribution in [-0.4, -0.2) is 41.0 Å². The maximum Gasteiger partial charge on any atom is 0.296 e. The smallest absolute Gasteiger partial charge is 0.296 e. The first-order valence-corrected chi connectivity index (χ1v) is 12.7. The van der Waals surface area contributed by atoms with E-state index in [1.54, 1.807) is 32.2 Å². The molecule has 10 heteroatoms. The Balaban J connectivity index is 1.73. The lowest BCUT2D eigenvalue weighted by Gasteiger charge is -2.26. The van der Waals surface area contributed by atoms with Gasteiger partial charge in [-0.25, -0.2) is 9.97 Å². The number of amides is 1. The van der Waals surface area contributed by atoms with E-state index in [0.717, 1.165) is 20.8 Å². The highest BCUT2D eigenvalue weighted by Gasteiger charge is 2.47. The summed E-state index contributed by atoms with van der Waals surface area (Å²) >= 11 is 2.55. The second-order valence-electron chi connectivity index (χ2n) is 8.39. The fourth-order valence-electron chi connectivity index (χ4n) is 4.36. The topological polar surface area (TPSA) is 102 Å². The number of ketones is 1. The second kappa shape index (κ2) is 9.03. The summed E-state index contributed by atoms with van der Waals surface area (Å²) in [6.07, 6.45) is 0. The Kier molecular flexibility index (Phi) is 6.01. The van der Waals surface area contributed by atoms with Crippen LogP contribution in [0.3, 0.4) is 0 Å². The van der Waals surface area contributed by atoms with Gasteiger partial charge in [-0.1, -0.05) is 17.4 Å². The van der Waals surface area contributed by atoms with Crippen LogP contribution >= 0.6 is 22.7 Å². The van der Waals surface area contributed by atoms with Crippen molar-refractivity contribution in [3.05, 3.63) is 74.4 Å². The van der Waals surface area contributed by atoms with Gasteiger partial charge >= 0.3 is 0 Å². The van der Waals surface area contributed by atoms with E-state index in [-0.39, 0.29) is 5.57 Å². The van der Waals surface area contributed by atoms with E-state index in [4.69, 9.17) is 9.47 Å².